The number of ether oxygens (including phenoxy) is 1. The van der Waals surface area contributed by atoms with Gasteiger partial charge in [-0.3, -0.25) is 4.79 Å². The van der Waals surface area contributed by atoms with Crippen LogP contribution in [0.15, 0.2) is 30.3 Å². The first-order valence-electron chi connectivity index (χ1n) is 7.44. The molecule has 124 valence electrons. The zero-order chi connectivity index (χ0) is 17.3. The van der Waals surface area contributed by atoms with E-state index in [1.807, 2.05) is 19.9 Å². The number of benzene rings is 1. The van der Waals surface area contributed by atoms with Crippen molar-refractivity contribution in [1.82, 2.24) is 14.8 Å². The predicted molar refractivity (Wildman–Crippen MR) is 93.6 cm³/mol. The molecule has 7 heteroatoms. The molecule has 2 aromatic heterocycles. The largest absolute Gasteiger partial charge is 0.466 e. The Morgan fingerprint density at radius 1 is 1.33 bits per heavy atom. The Bertz CT molecular complexity index is 920. The van der Waals surface area contributed by atoms with Crippen molar-refractivity contribution in [3.05, 3.63) is 46.6 Å². The Morgan fingerprint density at radius 2 is 2.08 bits per heavy atom. The van der Waals surface area contributed by atoms with Crippen LogP contribution in [0.5, 0.6) is 5.88 Å². The minimum atomic E-state index is -0.306. The Hall–Kier alpha value is -2.60. The van der Waals surface area contributed by atoms with Gasteiger partial charge in [0.05, 0.1) is 16.1 Å². The van der Waals surface area contributed by atoms with Gasteiger partial charge in [-0.15, -0.1) is 5.10 Å². The van der Waals surface area contributed by atoms with E-state index in [2.05, 4.69) is 15.4 Å². The van der Waals surface area contributed by atoms with Crippen molar-refractivity contribution in [2.75, 3.05) is 11.9 Å². The van der Waals surface area contributed by atoms with E-state index < -0.39 is 0 Å². The monoisotopic (exact) mass is 344 g/mol. The molecule has 0 saturated heterocycles. The fraction of sp³-hybridized carbons (Fsp3) is 0.235. The number of carbonyl (C=O) groups excluding carboxylic acids is 1. The van der Waals surface area contributed by atoms with Crippen LogP contribution in [0, 0.1) is 13.8 Å². The SMILES string of the molecule is Cc1cc(C)c2c(OCC(=O)Nc3ccccc3Cl)nn(C)c2n1. The van der Waals surface area contributed by atoms with Crippen LogP contribution in [-0.4, -0.2) is 27.3 Å². The van der Waals surface area contributed by atoms with Crippen LogP contribution < -0.4 is 10.1 Å². The predicted octanol–water partition coefficient (Wildman–Crippen LogP) is 3.26. The number of nitrogens with zero attached hydrogens (tertiary/aromatic N) is 3. The summed E-state index contributed by atoms with van der Waals surface area (Å²) in [5, 5.41) is 8.32. The van der Waals surface area contributed by atoms with Crippen molar-refractivity contribution in [2.45, 2.75) is 13.8 Å². The summed E-state index contributed by atoms with van der Waals surface area (Å²) < 4.78 is 7.26. The number of aromatic nitrogens is 3. The first-order valence-corrected chi connectivity index (χ1v) is 7.81. The van der Waals surface area contributed by atoms with Crippen LogP contribution in [0.2, 0.25) is 5.02 Å². The molecule has 0 spiro atoms. The first kappa shape index (κ1) is 16.3. The molecule has 1 aromatic carbocycles. The van der Waals surface area contributed by atoms with Crippen LogP contribution in [0.25, 0.3) is 11.0 Å². The number of hydrogen-bond acceptors (Lipinski definition) is 4. The van der Waals surface area contributed by atoms with Crippen molar-refractivity contribution in [2.24, 2.45) is 7.05 Å². The lowest BCUT2D eigenvalue weighted by Crippen LogP contribution is -2.20. The average molecular weight is 345 g/mol. The van der Waals surface area contributed by atoms with Crippen LogP contribution in [0.3, 0.4) is 0 Å². The summed E-state index contributed by atoms with van der Waals surface area (Å²) >= 11 is 6.02. The number of fused-ring (bicyclic) bond motifs is 1. The van der Waals surface area contributed by atoms with Gasteiger partial charge in [0.1, 0.15) is 0 Å². The van der Waals surface area contributed by atoms with Gasteiger partial charge < -0.3 is 10.1 Å². The molecule has 3 aromatic rings. The molecule has 6 nitrogen and oxygen atoms in total. The van der Waals surface area contributed by atoms with E-state index in [9.17, 15) is 4.79 Å². The molecular weight excluding hydrogens is 328 g/mol. The quantitative estimate of drug-likeness (QED) is 0.788. The van der Waals surface area contributed by atoms with Crippen molar-refractivity contribution >= 4 is 34.2 Å². The molecule has 0 aliphatic carbocycles. The van der Waals surface area contributed by atoms with Gasteiger partial charge in [0.25, 0.3) is 5.91 Å². The van der Waals surface area contributed by atoms with Gasteiger partial charge in [0.15, 0.2) is 12.3 Å². The Balaban J connectivity index is 1.76. The average Bonchev–Trinajstić information content (AvgIpc) is 2.84. The minimum Gasteiger partial charge on any atom is -0.466 e. The summed E-state index contributed by atoms with van der Waals surface area (Å²) in [5.41, 5.74) is 3.19. The van der Waals surface area contributed by atoms with Gasteiger partial charge in [-0.05, 0) is 37.6 Å². The summed E-state index contributed by atoms with van der Waals surface area (Å²) in [7, 11) is 1.80. The number of anilines is 1. The minimum absolute atomic E-state index is 0.162. The summed E-state index contributed by atoms with van der Waals surface area (Å²) in [6, 6.07) is 8.99. The van der Waals surface area contributed by atoms with Gasteiger partial charge >= 0.3 is 0 Å². The lowest BCUT2D eigenvalue weighted by molar-refractivity contribution is -0.118. The molecule has 24 heavy (non-hydrogen) atoms. The Labute approximate surface area is 144 Å². The highest BCUT2D eigenvalue weighted by Crippen LogP contribution is 2.27. The maximum absolute atomic E-state index is 12.1. The summed E-state index contributed by atoms with van der Waals surface area (Å²) in [5.74, 6) is 0.0893. The molecule has 0 fully saturated rings. The third kappa shape index (κ3) is 3.19. The number of pyridine rings is 1. The van der Waals surface area contributed by atoms with Gasteiger partial charge in [-0.25, -0.2) is 9.67 Å². The van der Waals surface area contributed by atoms with Crippen molar-refractivity contribution in [1.29, 1.82) is 0 Å². The normalized spacial score (nSPS) is 10.8. The van der Waals surface area contributed by atoms with E-state index in [0.29, 0.717) is 16.6 Å². The fourth-order valence-electron chi connectivity index (χ4n) is 2.53. The molecule has 2 heterocycles. The second-order valence-corrected chi connectivity index (χ2v) is 5.93. The van der Waals surface area contributed by atoms with Crippen LogP contribution in [-0.2, 0) is 11.8 Å². The second kappa shape index (κ2) is 6.49. The molecule has 3 rings (SSSR count). The van der Waals surface area contributed by atoms with E-state index >= 15 is 0 Å². The van der Waals surface area contributed by atoms with E-state index in [0.717, 1.165) is 22.3 Å². The number of aryl methyl sites for hydroxylation is 3. The van der Waals surface area contributed by atoms with Gasteiger partial charge in [-0.2, -0.15) is 0 Å². The highest BCUT2D eigenvalue weighted by Gasteiger charge is 2.15. The van der Waals surface area contributed by atoms with Crippen LogP contribution in [0.4, 0.5) is 5.69 Å². The molecule has 0 bridgehead atoms. The molecule has 0 unspecified atom stereocenters. The number of nitrogens with one attached hydrogen (secondary N) is 1. The van der Waals surface area contributed by atoms with Gasteiger partial charge in [0.2, 0.25) is 5.88 Å². The van der Waals surface area contributed by atoms with Gasteiger partial charge in [0, 0.05) is 12.7 Å². The van der Waals surface area contributed by atoms with Crippen LogP contribution >= 0.6 is 11.6 Å². The Kier molecular flexibility index (Phi) is 4.40. The first-order chi connectivity index (χ1) is 11.5. The topological polar surface area (TPSA) is 69.0 Å². The number of amides is 1. The summed E-state index contributed by atoms with van der Waals surface area (Å²) in [6.07, 6.45) is 0. The zero-order valence-corrected chi connectivity index (χ0v) is 14.4. The highest BCUT2D eigenvalue weighted by molar-refractivity contribution is 6.33. The van der Waals surface area contributed by atoms with Gasteiger partial charge in [-0.1, -0.05) is 23.7 Å². The lowest BCUT2D eigenvalue weighted by atomic mass is 10.2. The lowest BCUT2D eigenvalue weighted by Gasteiger charge is -2.07. The smallest absolute Gasteiger partial charge is 0.262 e. The molecule has 1 N–H and O–H groups in total. The van der Waals surface area contributed by atoms with E-state index in [4.69, 9.17) is 16.3 Å². The van der Waals surface area contributed by atoms with Crippen molar-refractivity contribution in [3.63, 3.8) is 0 Å². The molecule has 0 radical (unpaired) electrons. The third-order valence-electron chi connectivity index (χ3n) is 3.57. The molecular formula is C17H17ClN4O2. The fourth-order valence-corrected chi connectivity index (χ4v) is 2.72. The maximum Gasteiger partial charge on any atom is 0.262 e. The standard InChI is InChI=1S/C17H17ClN4O2/c1-10-8-11(2)19-16-15(10)17(21-22(16)3)24-9-14(23)20-13-7-5-4-6-12(13)18/h4-8H,9H2,1-3H3,(H,20,23). The Morgan fingerprint density at radius 3 is 2.83 bits per heavy atom. The third-order valence-corrected chi connectivity index (χ3v) is 3.90. The van der Waals surface area contributed by atoms with E-state index in [1.165, 1.54) is 0 Å². The maximum atomic E-state index is 12.1. The number of para-hydroxylation sites is 1. The second-order valence-electron chi connectivity index (χ2n) is 5.52. The molecule has 0 aliphatic heterocycles. The molecule has 0 atom stereocenters. The van der Waals surface area contributed by atoms with E-state index in [-0.39, 0.29) is 12.5 Å². The number of carbonyl (C=O) groups is 1. The summed E-state index contributed by atoms with van der Waals surface area (Å²) in [6.45, 7) is 3.73. The summed E-state index contributed by atoms with van der Waals surface area (Å²) in [4.78, 5) is 16.5. The molecule has 0 aliphatic rings. The molecule has 0 saturated carbocycles. The number of hydrogen-bond donors (Lipinski definition) is 1. The van der Waals surface area contributed by atoms with Crippen LogP contribution in [0.1, 0.15) is 11.3 Å². The molecule has 1 amide bonds. The van der Waals surface area contributed by atoms with E-state index in [1.54, 1.807) is 36.0 Å². The highest BCUT2D eigenvalue weighted by atomic mass is 35.5. The zero-order valence-electron chi connectivity index (χ0n) is 13.6. The number of halogens is 1. The number of rotatable bonds is 4. The van der Waals surface area contributed by atoms with Crippen molar-refractivity contribution in [3.8, 4) is 5.88 Å². The van der Waals surface area contributed by atoms with Crippen molar-refractivity contribution < 1.29 is 9.53 Å².